The maximum absolute atomic E-state index is 12.2. The molecular formula is C13H16BrNO. The molecule has 2 nitrogen and oxygen atoms in total. The van der Waals surface area contributed by atoms with Gasteiger partial charge < -0.3 is 5.32 Å². The van der Waals surface area contributed by atoms with Crippen molar-refractivity contribution in [3.05, 3.63) is 34.3 Å². The van der Waals surface area contributed by atoms with Crippen LogP contribution in [0.3, 0.4) is 0 Å². The Hall–Kier alpha value is -0.670. The summed E-state index contributed by atoms with van der Waals surface area (Å²) in [4.78, 5) is 12.2. The largest absolute Gasteiger partial charge is 0.316 e. The van der Waals surface area contributed by atoms with Crippen molar-refractivity contribution in [1.82, 2.24) is 5.32 Å². The quantitative estimate of drug-likeness (QED) is 0.923. The van der Waals surface area contributed by atoms with E-state index in [0.29, 0.717) is 12.2 Å². The second-order valence-electron chi connectivity index (χ2n) is 4.68. The van der Waals surface area contributed by atoms with Crippen LogP contribution in [0, 0.1) is 5.41 Å². The Kier molecular flexibility index (Phi) is 3.45. The molecule has 1 aromatic rings. The molecule has 1 atom stereocenters. The Morgan fingerprint density at radius 2 is 2.25 bits per heavy atom. The second-order valence-corrected chi connectivity index (χ2v) is 5.53. The van der Waals surface area contributed by atoms with Crippen LogP contribution in [-0.2, 0) is 11.2 Å². The van der Waals surface area contributed by atoms with Crippen molar-refractivity contribution in [2.45, 2.75) is 19.8 Å². The van der Waals surface area contributed by atoms with E-state index in [1.807, 2.05) is 24.3 Å². The van der Waals surface area contributed by atoms with Gasteiger partial charge in [0.2, 0.25) is 0 Å². The number of hydrogen-bond donors (Lipinski definition) is 1. The lowest BCUT2D eigenvalue weighted by Gasteiger charge is -2.21. The number of rotatable bonds is 3. The summed E-state index contributed by atoms with van der Waals surface area (Å²) < 4.78 is 1.03. The van der Waals surface area contributed by atoms with Gasteiger partial charge in [0.05, 0.1) is 0 Å². The molecule has 3 heteroatoms. The topological polar surface area (TPSA) is 29.1 Å². The third kappa shape index (κ3) is 2.36. The second kappa shape index (κ2) is 4.68. The molecule has 1 saturated heterocycles. The number of carbonyl (C=O) groups is 1. The molecule has 1 fully saturated rings. The van der Waals surface area contributed by atoms with E-state index in [9.17, 15) is 4.79 Å². The van der Waals surface area contributed by atoms with Gasteiger partial charge in [-0.1, -0.05) is 41.1 Å². The molecule has 86 valence electrons. The van der Waals surface area contributed by atoms with Crippen LogP contribution in [0.2, 0.25) is 0 Å². The summed E-state index contributed by atoms with van der Waals surface area (Å²) in [5.41, 5.74) is 0.913. The van der Waals surface area contributed by atoms with Gasteiger partial charge in [-0.25, -0.2) is 0 Å². The van der Waals surface area contributed by atoms with Gasteiger partial charge in [-0.15, -0.1) is 0 Å². The van der Waals surface area contributed by atoms with Crippen LogP contribution in [0.5, 0.6) is 0 Å². The van der Waals surface area contributed by atoms with E-state index in [1.165, 1.54) is 0 Å². The molecule has 0 aromatic heterocycles. The smallest absolute Gasteiger partial charge is 0.144 e. The highest BCUT2D eigenvalue weighted by Gasteiger charge is 2.35. The highest BCUT2D eigenvalue weighted by atomic mass is 79.9. The van der Waals surface area contributed by atoms with E-state index < -0.39 is 0 Å². The zero-order valence-corrected chi connectivity index (χ0v) is 11.0. The average molecular weight is 282 g/mol. The van der Waals surface area contributed by atoms with Crippen molar-refractivity contribution in [2.24, 2.45) is 5.41 Å². The molecule has 1 N–H and O–H groups in total. The summed E-state index contributed by atoms with van der Waals surface area (Å²) in [5, 5.41) is 3.26. The van der Waals surface area contributed by atoms with Gasteiger partial charge in [0.15, 0.2) is 0 Å². The number of hydrogen-bond acceptors (Lipinski definition) is 2. The summed E-state index contributed by atoms with van der Waals surface area (Å²) in [7, 11) is 0. The zero-order valence-electron chi connectivity index (χ0n) is 9.42. The van der Waals surface area contributed by atoms with Crippen LogP contribution in [0.4, 0.5) is 0 Å². The van der Waals surface area contributed by atoms with Crippen molar-refractivity contribution >= 4 is 21.7 Å². The van der Waals surface area contributed by atoms with E-state index in [-0.39, 0.29) is 5.41 Å². The number of benzene rings is 1. The van der Waals surface area contributed by atoms with E-state index in [4.69, 9.17) is 0 Å². The van der Waals surface area contributed by atoms with E-state index in [0.717, 1.165) is 29.5 Å². The van der Waals surface area contributed by atoms with Gasteiger partial charge in [0.25, 0.3) is 0 Å². The van der Waals surface area contributed by atoms with Crippen LogP contribution in [0.1, 0.15) is 18.9 Å². The minimum Gasteiger partial charge on any atom is -0.316 e. The minimum absolute atomic E-state index is 0.171. The third-order valence-corrected chi connectivity index (χ3v) is 4.12. The number of nitrogens with one attached hydrogen (secondary N) is 1. The molecule has 0 radical (unpaired) electrons. The lowest BCUT2D eigenvalue weighted by atomic mass is 9.82. The molecule has 1 heterocycles. The van der Waals surface area contributed by atoms with Crippen molar-refractivity contribution in [3.63, 3.8) is 0 Å². The van der Waals surface area contributed by atoms with E-state index in [2.05, 4.69) is 28.2 Å². The summed E-state index contributed by atoms with van der Waals surface area (Å²) in [6.45, 7) is 3.83. The van der Waals surface area contributed by atoms with E-state index in [1.54, 1.807) is 0 Å². The summed E-state index contributed by atoms with van der Waals surface area (Å²) in [6, 6.07) is 7.94. The van der Waals surface area contributed by atoms with Crippen LogP contribution >= 0.6 is 15.9 Å². The Balaban J connectivity index is 2.10. The summed E-state index contributed by atoms with van der Waals surface area (Å²) in [6.07, 6.45) is 1.48. The number of halogens is 1. The number of ketones is 1. The molecule has 0 saturated carbocycles. The van der Waals surface area contributed by atoms with Crippen molar-refractivity contribution in [3.8, 4) is 0 Å². The Morgan fingerprint density at radius 3 is 2.88 bits per heavy atom. The first-order valence-corrected chi connectivity index (χ1v) is 6.38. The van der Waals surface area contributed by atoms with Crippen LogP contribution in [-0.4, -0.2) is 18.9 Å². The molecular weight excluding hydrogens is 266 g/mol. The lowest BCUT2D eigenvalue weighted by molar-refractivity contribution is -0.126. The first-order valence-electron chi connectivity index (χ1n) is 5.59. The molecule has 1 aliphatic heterocycles. The lowest BCUT2D eigenvalue weighted by Crippen LogP contribution is -2.31. The SMILES string of the molecule is CC1(C(=O)Cc2ccccc2Br)CCNC1. The van der Waals surface area contributed by atoms with Crippen LogP contribution < -0.4 is 5.32 Å². The van der Waals surface area contributed by atoms with Gasteiger partial charge in [0, 0.05) is 22.9 Å². The van der Waals surface area contributed by atoms with Crippen molar-refractivity contribution in [1.29, 1.82) is 0 Å². The first kappa shape index (κ1) is 11.8. The van der Waals surface area contributed by atoms with Crippen LogP contribution in [0.15, 0.2) is 28.7 Å². The normalized spacial score (nSPS) is 24.6. The average Bonchev–Trinajstić information content (AvgIpc) is 2.70. The fourth-order valence-electron chi connectivity index (χ4n) is 2.08. The molecule has 2 rings (SSSR count). The van der Waals surface area contributed by atoms with E-state index >= 15 is 0 Å². The van der Waals surface area contributed by atoms with Gasteiger partial charge in [-0.2, -0.15) is 0 Å². The van der Waals surface area contributed by atoms with Gasteiger partial charge in [-0.3, -0.25) is 4.79 Å². The molecule has 1 unspecified atom stereocenters. The minimum atomic E-state index is -0.171. The maximum atomic E-state index is 12.2. The molecule has 1 aromatic carbocycles. The Labute approximate surface area is 105 Å². The van der Waals surface area contributed by atoms with Crippen molar-refractivity contribution in [2.75, 3.05) is 13.1 Å². The van der Waals surface area contributed by atoms with Crippen molar-refractivity contribution < 1.29 is 4.79 Å². The molecule has 1 aliphatic rings. The molecule has 0 amide bonds. The third-order valence-electron chi connectivity index (χ3n) is 3.35. The maximum Gasteiger partial charge on any atom is 0.144 e. The fraction of sp³-hybridized carbons (Fsp3) is 0.462. The standard InChI is InChI=1S/C13H16BrNO/c1-13(6-7-15-9-13)12(16)8-10-4-2-3-5-11(10)14/h2-5,15H,6-9H2,1H3. The molecule has 0 spiro atoms. The van der Waals surface area contributed by atoms with Gasteiger partial charge >= 0.3 is 0 Å². The summed E-state index contributed by atoms with van der Waals surface area (Å²) >= 11 is 3.48. The monoisotopic (exact) mass is 281 g/mol. The highest BCUT2D eigenvalue weighted by Crippen LogP contribution is 2.28. The van der Waals surface area contributed by atoms with Gasteiger partial charge in [-0.05, 0) is 24.6 Å². The predicted molar refractivity (Wildman–Crippen MR) is 68.4 cm³/mol. The molecule has 0 aliphatic carbocycles. The molecule has 0 bridgehead atoms. The summed E-state index contributed by atoms with van der Waals surface area (Å²) in [5.74, 6) is 0.337. The van der Waals surface area contributed by atoms with Gasteiger partial charge in [0.1, 0.15) is 5.78 Å². The zero-order chi connectivity index (χ0) is 11.6. The number of carbonyl (C=O) groups excluding carboxylic acids is 1. The first-order chi connectivity index (χ1) is 7.62. The predicted octanol–water partition coefficient (Wildman–Crippen LogP) is 2.56. The number of Topliss-reactive ketones (excluding diaryl/α,β-unsaturated/α-hetero) is 1. The Bertz CT molecular complexity index is 397. The molecule has 16 heavy (non-hydrogen) atoms. The van der Waals surface area contributed by atoms with Crippen LogP contribution in [0.25, 0.3) is 0 Å². The highest BCUT2D eigenvalue weighted by molar-refractivity contribution is 9.10. The Morgan fingerprint density at radius 1 is 1.50 bits per heavy atom. The fourth-order valence-corrected chi connectivity index (χ4v) is 2.51.